The van der Waals surface area contributed by atoms with Crippen molar-refractivity contribution in [2.45, 2.75) is 32.2 Å². The molecule has 1 spiro atoms. The summed E-state index contributed by atoms with van der Waals surface area (Å²) in [6.07, 6.45) is 3.14. The van der Waals surface area contributed by atoms with E-state index in [0.29, 0.717) is 5.69 Å². The largest absolute Gasteiger partial charge is 0.454 e. The van der Waals surface area contributed by atoms with Crippen LogP contribution in [0.4, 0.5) is 0 Å². The molecule has 27 heavy (non-hydrogen) atoms. The fraction of sp³-hybridized carbons (Fsp3) is 0.500. The number of rotatable bonds is 2. The van der Waals surface area contributed by atoms with Crippen LogP contribution in [0.5, 0.6) is 11.5 Å². The topological polar surface area (TPSA) is 60.9 Å². The number of likely N-dealkylation sites (tertiary alicyclic amines) is 1. The van der Waals surface area contributed by atoms with E-state index in [2.05, 4.69) is 11.9 Å². The summed E-state index contributed by atoms with van der Waals surface area (Å²) in [4.78, 5) is 19.7. The normalized spacial score (nSPS) is 23.1. The summed E-state index contributed by atoms with van der Waals surface area (Å²) in [5.41, 5.74) is 1.69. The summed E-state index contributed by atoms with van der Waals surface area (Å²) in [7, 11) is 0. The molecule has 0 aliphatic carbocycles. The van der Waals surface area contributed by atoms with Gasteiger partial charge in [-0.2, -0.15) is 0 Å². The SMILES string of the molecule is CC1N(C(=O)c2csc(-c3ccc4c(c3)OCO4)n2)CCC12CCOCC2. The Morgan fingerprint density at radius 3 is 2.89 bits per heavy atom. The highest BCUT2D eigenvalue weighted by atomic mass is 32.1. The molecule has 2 fully saturated rings. The van der Waals surface area contributed by atoms with Crippen molar-refractivity contribution in [3.05, 3.63) is 29.3 Å². The lowest BCUT2D eigenvalue weighted by atomic mass is 9.74. The summed E-state index contributed by atoms with van der Waals surface area (Å²) in [6, 6.07) is 5.99. The molecule has 0 saturated carbocycles. The first kappa shape index (κ1) is 17.0. The standard InChI is InChI=1S/C20H22N2O4S/c1-13-20(5-8-24-9-6-20)4-7-22(13)19(23)15-11-27-18(21-15)14-2-3-16-17(10-14)26-12-25-16/h2-3,10-11,13H,4-9,12H2,1H3. The highest BCUT2D eigenvalue weighted by molar-refractivity contribution is 7.13. The first-order chi connectivity index (χ1) is 13.2. The highest BCUT2D eigenvalue weighted by Gasteiger charge is 2.47. The fourth-order valence-corrected chi connectivity index (χ4v) is 5.27. The van der Waals surface area contributed by atoms with Crippen LogP contribution in [0.2, 0.25) is 0 Å². The molecule has 0 N–H and O–H groups in total. The number of benzene rings is 1. The van der Waals surface area contributed by atoms with Crippen LogP contribution >= 0.6 is 11.3 Å². The van der Waals surface area contributed by atoms with Crippen molar-refractivity contribution in [3.63, 3.8) is 0 Å². The van der Waals surface area contributed by atoms with E-state index in [-0.39, 0.29) is 24.2 Å². The van der Waals surface area contributed by atoms with Gasteiger partial charge in [0.1, 0.15) is 10.7 Å². The minimum Gasteiger partial charge on any atom is -0.454 e. The highest BCUT2D eigenvalue weighted by Crippen LogP contribution is 2.45. The van der Waals surface area contributed by atoms with Crippen LogP contribution in [0.25, 0.3) is 10.6 Å². The number of fused-ring (bicyclic) bond motifs is 1. The second-order valence-electron chi connectivity index (χ2n) is 7.51. The molecule has 2 saturated heterocycles. The van der Waals surface area contributed by atoms with Crippen molar-refractivity contribution in [3.8, 4) is 22.1 Å². The van der Waals surface area contributed by atoms with Crippen molar-refractivity contribution in [1.82, 2.24) is 9.88 Å². The molecule has 7 heteroatoms. The second-order valence-corrected chi connectivity index (χ2v) is 8.36. The molecule has 2 aromatic rings. The van der Waals surface area contributed by atoms with Gasteiger partial charge in [-0.1, -0.05) is 0 Å². The number of carbonyl (C=O) groups is 1. The molecule has 1 unspecified atom stereocenters. The minimum absolute atomic E-state index is 0.0362. The van der Waals surface area contributed by atoms with Crippen molar-refractivity contribution >= 4 is 17.2 Å². The van der Waals surface area contributed by atoms with E-state index < -0.39 is 0 Å². The average Bonchev–Trinajstić information content (AvgIpc) is 3.42. The zero-order valence-corrected chi connectivity index (χ0v) is 16.1. The molecule has 0 bridgehead atoms. The number of carbonyl (C=O) groups excluding carboxylic acids is 1. The number of ether oxygens (including phenoxy) is 3. The van der Waals surface area contributed by atoms with Gasteiger partial charge in [0.05, 0.1) is 0 Å². The molecule has 142 valence electrons. The van der Waals surface area contributed by atoms with Crippen LogP contribution in [-0.4, -0.2) is 48.4 Å². The molecule has 1 aromatic carbocycles. The van der Waals surface area contributed by atoms with Gasteiger partial charge in [-0.05, 0) is 49.8 Å². The number of nitrogens with zero attached hydrogens (tertiary/aromatic N) is 2. The molecule has 1 aromatic heterocycles. The van der Waals surface area contributed by atoms with Crippen LogP contribution in [-0.2, 0) is 4.74 Å². The number of hydrogen-bond donors (Lipinski definition) is 0. The van der Waals surface area contributed by atoms with Crippen LogP contribution < -0.4 is 9.47 Å². The maximum atomic E-state index is 13.1. The lowest BCUT2D eigenvalue weighted by Crippen LogP contribution is -2.43. The van der Waals surface area contributed by atoms with Crippen molar-refractivity contribution < 1.29 is 19.0 Å². The molecule has 0 radical (unpaired) electrons. The van der Waals surface area contributed by atoms with E-state index in [4.69, 9.17) is 14.2 Å². The van der Waals surface area contributed by atoms with Crippen LogP contribution in [0, 0.1) is 5.41 Å². The molecule has 3 aliphatic heterocycles. The van der Waals surface area contributed by atoms with E-state index in [0.717, 1.165) is 61.1 Å². The summed E-state index contributed by atoms with van der Waals surface area (Å²) in [5.74, 6) is 1.51. The lowest BCUT2D eigenvalue weighted by Gasteiger charge is -2.38. The Labute approximate surface area is 162 Å². The Balaban J connectivity index is 1.36. The second kappa shape index (κ2) is 6.49. The van der Waals surface area contributed by atoms with Gasteiger partial charge in [0.25, 0.3) is 5.91 Å². The van der Waals surface area contributed by atoms with Crippen molar-refractivity contribution in [2.24, 2.45) is 5.41 Å². The Kier molecular flexibility index (Phi) is 4.09. The Hall–Kier alpha value is -2.12. The first-order valence-electron chi connectivity index (χ1n) is 9.41. The summed E-state index contributed by atoms with van der Waals surface area (Å²) in [6.45, 7) is 4.84. The van der Waals surface area contributed by atoms with Gasteiger partial charge in [-0.3, -0.25) is 4.79 Å². The lowest BCUT2D eigenvalue weighted by molar-refractivity contribution is 0.000113. The molecule has 1 amide bonds. The van der Waals surface area contributed by atoms with Crippen LogP contribution in [0.15, 0.2) is 23.6 Å². The average molecular weight is 386 g/mol. The molecular formula is C20H22N2O4S. The van der Waals surface area contributed by atoms with E-state index in [9.17, 15) is 4.79 Å². The van der Waals surface area contributed by atoms with E-state index in [1.165, 1.54) is 11.3 Å². The summed E-state index contributed by atoms with van der Waals surface area (Å²) < 4.78 is 16.3. The molecule has 5 rings (SSSR count). The Morgan fingerprint density at radius 1 is 1.22 bits per heavy atom. The van der Waals surface area contributed by atoms with Crippen LogP contribution in [0.1, 0.15) is 36.7 Å². The molecular weight excluding hydrogens is 364 g/mol. The molecule has 1 atom stereocenters. The maximum Gasteiger partial charge on any atom is 0.273 e. The molecule has 4 heterocycles. The zero-order valence-electron chi connectivity index (χ0n) is 15.3. The Morgan fingerprint density at radius 2 is 2.04 bits per heavy atom. The third kappa shape index (κ3) is 2.80. The van der Waals surface area contributed by atoms with Gasteiger partial charge >= 0.3 is 0 Å². The van der Waals surface area contributed by atoms with Crippen LogP contribution in [0.3, 0.4) is 0 Å². The zero-order chi connectivity index (χ0) is 18.4. The van der Waals surface area contributed by atoms with Gasteiger partial charge < -0.3 is 19.1 Å². The van der Waals surface area contributed by atoms with Gasteiger partial charge in [-0.25, -0.2) is 4.98 Å². The minimum atomic E-state index is 0.0362. The van der Waals surface area contributed by atoms with E-state index >= 15 is 0 Å². The summed E-state index contributed by atoms with van der Waals surface area (Å²) >= 11 is 1.49. The van der Waals surface area contributed by atoms with E-state index in [1.54, 1.807) is 0 Å². The Bertz CT molecular complexity index is 875. The fourth-order valence-electron chi connectivity index (χ4n) is 4.48. The maximum absolute atomic E-state index is 13.1. The number of thiazole rings is 1. The predicted octanol–water partition coefficient (Wildman–Crippen LogP) is 3.57. The third-order valence-corrected chi connectivity index (χ3v) is 7.19. The molecule has 3 aliphatic rings. The van der Waals surface area contributed by atoms with Gasteiger partial charge in [-0.15, -0.1) is 11.3 Å². The number of amides is 1. The number of aromatic nitrogens is 1. The monoisotopic (exact) mass is 386 g/mol. The summed E-state index contributed by atoms with van der Waals surface area (Å²) in [5, 5.41) is 2.69. The van der Waals surface area contributed by atoms with Gasteiger partial charge in [0, 0.05) is 36.7 Å². The smallest absolute Gasteiger partial charge is 0.273 e. The van der Waals surface area contributed by atoms with Crippen molar-refractivity contribution in [2.75, 3.05) is 26.6 Å². The van der Waals surface area contributed by atoms with Gasteiger partial charge in [0.2, 0.25) is 6.79 Å². The predicted molar refractivity (Wildman–Crippen MR) is 101 cm³/mol. The van der Waals surface area contributed by atoms with Crippen molar-refractivity contribution in [1.29, 1.82) is 0 Å². The third-order valence-electron chi connectivity index (χ3n) is 6.30. The molecule has 6 nitrogen and oxygen atoms in total. The quantitative estimate of drug-likeness (QED) is 0.790. The van der Waals surface area contributed by atoms with E-state index in [1.807, 2.05) is 28.5 Å². The number of hydrogen-bond acceptors (Lipinski definition) is 6. The van der Waals surface area contributed by atoms with Gasteiger partial charge in [0.15, 0.2) is 11.5 Å². The first-order valence-corrected chi connectivity index (χ1v) is 10.3.